The number of hydrazine groups is 1. The van der Waals surface area contributed by atoms with E-state index < -0.39 is 29.7 Å². The first-order valence-electron chi connectivity index (χ1n) is 11.4. The van der Waals surface area contributed by atoms with Crippen LogP contribution in [0.3, 0.4) is 0 Å². The Labute approximate surface area is 219 Å². The Kier molecular flexibility index (Phi) is 9.23. The summed E-state index contributed by atoms with van der Waals surface area (Å²) in [5.74, 6) is -1.91. The maximum absolute atomic E-state index is 13.1. The van der Waals surface area contributed by atoms with Gasteiger partial charge in [-0.3, -0.25) is 30.0 Å². The van der Waals surface area contributed by atoms with Gasteiger partial charge in [-0.2, -0.15) is 0 Å². The van der Waals surface area contributed by atoms with Gasteiger partial charge in [-0.15, -0.1) is 0 Å². The number of amides is 4. The lowest BCUT2D eigenvalue weighted by Gasteiger charge is -2.22. The predicted molar refractivity (Wildman–Crippen MR) is 141 cm³/mol. The van der Waals surface area contributed by atoms with Crippen LogP contribution >= 0.6 is 11.6 Å². The molecule has 0 fully saturated rings. The van der Waals surface area contributed by atoms with Crippen LogP contribution in [0.1, 0.15) is 44.9 Å². The van der Waals surface area contributed by atoms with E-state index in [9.17, 15) is 19.2 Å². The van der Waals surface area contributed by atoms with Gasteiger partial charge in [0.05, 0.1) is 28.9 Å². The Morgan fingerprint density at radius 3 is 2.00 bits per heavy atom. The lowest BCUT2D eigenvalue weighted by atomic mass is 10.0. The van der Waals surface area contributed by atoms with E-state index in [0.29, 0.717) is 11.3 Å². The number of carbonyl (C=O) groups excluding carboxylic acids is 4. The van der Waals surface area contributed by atoms with E-state index in [1.807, 2.05) is 0 Å². The van der Waals surface area contributed by atoms with Crippen LogP contribution < -0.4 is 26.2 Å². The number of nitrogens with one attached hydrogen (secondary N) is 4. The Morgan fingerprint density at radius 2 is 1.38 bits per heavy atom. The van der Waals surface area contributed by atoms with Gasteiger partial charge in [0.2, 0.25) is 0 Å². The maximum atomic E-state index is 13.1. The lowest BCUT2D eigenvalue weighted by Crippen LogP contribution is -2.54. The number of hydrogen-bond acceptors (Lipinski definition) is 5. The number of para-hydroxylation sites is 1. The Balaban J connectivity index is 1.69. The van der Waals surface area contributed by atoms with Gasteiger partial charge in [-0.25, -0.2) is 0 Å². The minimum atomic E-state index is -0.982. The first-order chi connectivity index (χ1) is 17.7. The van der Waals surface area contributed by atoms with Crippen molar-refractivity contribution in [3.05, 3.63) is 94.5 Å². The van der Waals surface area contributed by atoms with E-state index in [1.165, 1.54) is 19.2 Å². The molecule has 0 bridgehead atoms. The van der Waals surface area contributed by atoms with Crippen LogP contribution in [-0.4, -0.2) is 36.8 Å². The van der Waals surface area contributed by atoms with Gasteiger partial charge in [0.25, 0.3) is 23.6 Å². The highest BCUT2D eigenvalue weighted by molar-refractivity contribution is 6.33. The fourth-order valence-corrected chi connectivity index (χ4v) is 3.61. The van der Waals surface area contributed by atoms with Gasteiger partial charge >= 0.3 is 0 Å². The zero-order chi connectivity index (χ0) is 26.9. The molecule has 192 valence electrons. The summed E-state index contributed by atoms with van der Waals surface area (Å²) in [7, 11) is 1.53. The maximum Gasteiger partial charge on any atom is 0.271 e. The summed E-state index contributed by atoms with van der Waals surface area (Å²) in [4.78, 5) is 51.0. The molecule has 0 saturated heterocycles. The van der Waals surface area contributed by atoms with E-state index in [1.54, 1.807) is 74.5 Å². The van der Waals surface area contributed by atoms with E-state index in [-0.39, 0.29) is 27.8 Å². The van der Waals surface area contributed by atoms with Gasteiger partial charge in [-0.05, 0) is 54.4 Å². The van der Waals surface area contributed by atoms with Crippen LogP contribution in [-0.2, 0) is 4.79 Å². The molecular weight excluding hydrogens is 496 g/mol. The monoisotopic (exact) mass is 522 g/mol. The Bertz CT molecular complexity index is 1290. The van der Waals surface area contributed by atoms with Crippen molar-refractivity contribution in [1.82, 2.24) is 16.2 Å². The zero-order valence-corrected chi connectivity index (χ0v) is 21.3. The number of anilines is 1. The standard InChI is InChI=1S/C27H27ClN4O5/c1-16(2)23(27(36)32-31-26(35)19-8-4-6-10-21(19)28)30-25(34)20-9-5-7-11-22(20)29-24(33)17-12-14-18(37-3)15-13-17/h4-16,23H,1-3H3,(H,29,33)(H,30,34)(H,31,35)(H,32,36)/t23-/m1/s1. The first-order valence-corrected chi connectivity index (χ1v) is 11.8. The normalized spacial score (nSPS) is 11.3. The summed E-state index contributed by atoms with van der Waals surface area (Å²) in [5, 5.41) is 5.64. The molecule has 0 aliphatic rings. The summed E-state index contributed by atoms with van der Waals surface area (Å²) in [6, 6.07) is 18.4. The minimum absolute atomic E-state index is 0.169. The van der Waals surface area contributed by atoms with Gasteiger partial charge in [-0.1, -0.05) is 49.7 Å². The second kappa shape index (κ2) is 12.5. The number of rotatable bonds is 8. The number of methoxy groups -OCH3 is 1. The molecule has 0 heterocycles. The van der Waals surface area contributed by atoms with E-state index in [2.05, 4.69) is 21.5 Å². The summed E-state index contributed by atoms with van der Waals surface area (Å²) < 4.78 is 5.11. The Morgan fingerprint density at radius 1 is 0.757 bits per heavy atom. The molecule has 3 rings (SSSR count). The second-order valence-corrected chi connectivity index (χ2v) is 8.75. The summed E-state index contributed by atoms with van der Waals surface area (Å²) in [5.41, 5.74) is 5.66. The SMILES string of the molecule is COc1ccc(C(=O)Nc2ccccc2C(=O)N[C@@H](C(=O)NNC(=O)c2ccccc2Cl)C(C)C)cc1. The smallest absolute Gasteiger partial charge is 0.271 e. The topological polar surface area (TPSA) is 126 Å². The highest BCUT2D eigenvalue weighted by Gasteiger charge is 2.26. The molecule has 0 aliphatic heterocycles. The van der Waals surface area contributed by atoms with Crippen molar-refractivity contribution in [3.63, 3.8) is 0 Å². The quantitative estimate of drug-likeness (QED) is 0.335. The molecule has 1 atom stereocenters. The average molecular weight is 523 g/mol. The van der Waals surface area contributed by atoms with E-state index >= 15 is 0 Å². The van der Waals surface area contributed by atoms with Crippen LogP contribution in [0.5, 0.6) is 5.75 Å². The van der Waals surface area contributed by atoms with Crippen LogP contribution in [0, 0.1) is 5.92 Å². The molecule has 0 aliphatic carbocycles. The molecule has 37 heavy (non-hydrogen) atoms. The van der Waals surface area contributed by atoms with Crippen molar-refractivity contribution in [2.24, 2.45) is 5.92 Å². The number of hydrogen-bond donors (Lipinski definition) is 4. The van der Waals surface area contributed by atoms with Crippen molar-refractivity contribution in [3.8, 4) is 5.75 Å². The molecule has 0 unspecified atom stereocenters. The number of ether oxygens (including phenoxy) is 1. The summed E-state index contributed by atoms with van der Waals surface area (Å²) in [6.45, 7) is 3.50. The molecule has 0 radical (unpaired) electrons. The van der Waals surface area contributed by atoms with Gasteiger partial charge < -0.3 is 15.4 Å². The molecule has 9 nitrogen and oxygen atoms in total. The van der Waals surface area contributed by atoms with Crippen LogP contribution in [0.15, 0.2) is 72.8 Å². The van der Waals surface area contributed by atoms with Gasteiger partial charge in [0.1, 0.15) is 11.8 Å². The van der Waals surface area contributed by atoms with Crippen molar-refractivity contribution in [2.45, 2.75) is 19.9 Å². The number of carbonyl (C=O) groups is 4. The molecule has 3 aromatic carbocycles. The van der Waals surface area contributed by atoms with Crippen molar-refractivity contribution >= 4 is 40.9 Å². The summed E-state index contributed by atoms with van der Waals surface area (Å²) >= 11 is 6.02. The van der Waals surface area contributed by atoms with Gasteiger partial charge in [0.15, 0.2) is 0 Å². The highest BCUT2D eigenvalue weighted by atomic mass is 35.5. The molecule has 10 heteroatoms. The molecule has 0 spiro atoms. The third kappa shape index (κ3) is 7.08. The lowest BCUT2D eigenvalue weighted by molar-refractivity contribution is -0.124. The third-order valence-corrected chi connectivity index (χ3v) is 5.76. The van der Waals surface area contributed by atoms with Crippen molar-refractivity contribution < 1.29 is 23.9 Å². The fraction of sp³-hybridized carbons (Fsp3) is 0.185. The number of halogens is 1. The third-order valence-electron chi connectivity index (χ3n) is 5.43. The molecule has 3 aromatic rings. The second-order valence-electron chi connectivity index (χ2n) is 8.35. The molecular formula is C27H27ClN4O5. The van der Waals surface area contributed by atoms with Gasteiger partial charge in [0, 0.05) is 5.56 Å². The van der Waals surface area contributed by atoms with Crippen LogP contribution in [0.4, 0.5) is 5.69 Å². The predicted octanol–water partition coefficient (Wildman–Crippen LogP) is 3.82. The minimum Gasteiger partial charge on any atom is -0.497 e. The fourth-order valence-electron chi connectivity index (χ4n) is 3.39. The summed E-state index contributed by atoms with van der Waals surface area (Å²) in [6.07, 6.45) is 0. The first kappa shape index (κ1) is 27.2. The molecule has 0 aromatic heterocycles. The number of benzene rings is 3. The highest BCUT2D eigenvalue weighted by Crippen LogP contribution is 2.19. The van der Waals surface area contributed by atoms with Crippen molar-refractivity contribution in [1.29, 1.82) is 0 Å². The Hall–Kier alpha value is -4.37. The van der Waals surface area contributed by atoms with E-state index in [4.69, 9.17) is 16.3 Å². The average Bonchev–Trinajstić information content (AvgIpc) is 2.90. The van der Waals surface area contributed by atoms with Crippen molar-refractivity contribution in [2.75, 3.05) is 12.4 Å². The van der Waals surface area contributed by atoms with E-state index in [0.717, 1.165) is 0 Å². The molecule has 4 N–H and O–H groups in total. The largest absolute Gasteiger partial charge is 0.497 e. The zero-order valence-electron chi connectivity index (χ0n) is 20.5. The molecule has 4 amide bonds. The van der Waals surface area contributed by atoms with Crippen LogP contribution in [0.25, 0.3) is 0 Å². The molecule has 0 saturated carbocycles. The van der Waals surface area contributed by atoms with Crippen LogP contribution in [0.2, 0.25) is 5.02 Å².